The molecule has 0 aliphatic carbocycles. The third kappa shape index (κ3) is 3.51. The van der Waals surface area contributed by atoms with Gasteiger partial charge in [-0.2, -0.15) is 0 Å². The molecule has 0 atom stereocenters. The first-order valence-corrected chi connectivity index (χ1v) is 5.79. The topological polar surface area (TPSA) is 73.9 Å². The second-order valence-corrected chi connectivity index (χ2v) is 4.08. The molecule has 0 spiro atoms. The average molecular weight is 325 g/mol. The van der Waals surface area contributed by atoms with Crippen molar-refractivity contribution in [2.45, 2.75) is 0 Å². The molecule has 3 aromatic rings. The number of nitrogen functional groups attached to an aromatic ring is 1. The fourth-order valence-electron chi connectivity index (χ4n) is 1.89. The summed E-state index contributed by atoms with van der Waals surface area (Å²) >= 11 is 0. The Morgan fingerprint density at radius 1 is 1.05 bits per heavy atom. The molecule has 110 valence electrons. The van der Waals surface area contributed by atoms with Crippen LogP contribution in [0.25, 0.3) is 22.2 Å². The maximum Gasteiger partial charge on any atom is 0.220 e. The SMILES string of the molecule is COc1ccnc(-c2ccc3cnc(N)nc3c2)c1.Cl.Cl. The summed E-state index contributed by atoms with van der Waals surface area (Å²) in [7, 11) is 1.63. The van der Waals surface area contributed by atoms with Gasteiger partial charge >= 0.3 is 0 Å². The van der Waals surface area contributed by atoms with Crippen LogP contribution < -0.4 is 10.5 Å². The Balaban J connectivity index is 0.00000110. The summed E-state index contributed by atoms with van der Waals surface area (Å²) in [5.41, 5.74) is 8.20. The first-order valence-electron chi connectivity index (χ1n) is 5.79. The summed E-state index contributed by atoms with van der Waals surface area (Å²) in [5.74, 6) is 1.04. The first-order chi connectivity index (χ1) is 9.26. The third-order valence-electron chi connectivity index (χ3n) is 2.86. The molecule has 0 saturated heterocycles. The van der Waals surface area contributed by atoms with Gasteiger partial charge in [0.15, 0.2) is 0 Å². The molecule has 0 aliphatic rings. The van der Waals surface area contributed by atoms with Crippen LogP contribution in [0.3, 0.4) is 0 Å². The molecule has 7 heteroatoms. The number of fused-ring (bicyclic) bond motifs is 1. The van der Waals surface area contributed by atoms with Gasteiger partial charge in [0.2, 0.25) is 5.95 Å². The minimum absolute atomic E-state index is 0. The van der Waals surface area contributed by atoms with Crippen molar-refractivity contribution in [1.82, 2.24) is 15.0 Å². The van der Waals surface area contributed by atoms with Crippen LogP contribution in [0.2, 0.25) is 0 Å². The van der Waals surface area contributed by atoms with Crippen molar-refractivity contribution in [1.29, 1.82) is 0 Å². The molecule has 2 N–H and O–H groups in total. The van der Waals surface area contributed by atoms with Gasteiger partial charge < -0.3 is 10.5 Å². The molecule has 0 bridgehead atoms. The van der Waals surface area contributed by atoms with Gasteiger partial charge in [-0.05, 0) is 12.1 Å². The molecule has 3 rings (SSSR count). The van der Waals surface area contributed by atoms with E-state index < -0.39 is 0 Å². The molecule has 0 saturated carbocycles. The lowest BCUT2D eigenvalue weighted by atomic mass is 10.1. The van der Waals surface area contributed by atoms with Crippen molar-refractivity contribution in [2.24, 2.45) is 0 Å². The summed E-state index contributed by atoms with van der Waals surface area (Å²) in [6.45, 7) is 0. The monoisotopic (exact) mass is 324 g/mol. The molecule has 0 aliphatic heterocycles. The quantitative estimate of drug-likeness (QED) is 0.783. The van der Waals surface area contributed by atoms with Crippen LogP contribution in [0.4, 0.5) is 5.95 Å². The lowest BCUT2D eigenvalue weighted by Gasteiger charge is -2.05. The number of nitrogens with two attached hydrogens (primary N) is 1. The predicted molar refractivity (Wildman–Crippen MR) is 88.2 cm³/mol. The first kappa shape index (κ1) is 16.9. The van der Waals surface area contributed by atoms with Gasteiger partial charge in [0, 0.05) is 29.4 Å². The number of methoxy groups -OCH3 is 1. The summed E-state index contributed by atoms with van der Waals surface area (Å²) in [5, 5.41) is 0.945. The zero-order chi connectivity index (χ0) is 13.2. The summed E-state index contributed by atoms with van der Waals surface area (Å²) < 4.78 is 5.20. The number of pyridine rings is 1. The average Bonchev–Trinajstić information content (AvgIpc) is 2.46. The van der Waals surface area contributed by atoms with E-state index in [-0.39, 0.29) is 30.8 Å². The van der Waals surface area contributed by atoms with Crippen molar-refractivity contribution >= 4 is 41.7 Å². The number of ether oxygens (including phenoxy) is 1. The van der Waals surface area contributed by atoms with Crippen molar-refractivity contribution in [3.8, 4) is 17.0 Å². The zero-order valence-electron chi connectivity index (χ0n) is 11.2. The number of hydrogen-bond donors (Lipinski definition) is 1. The van der Waals surface area contributed by atoms with Crippen molar-refractivity contribution in [2.75, 3.05) is 12.8 Å². The molecular weight excluding hydrogens is 311 g/mol. The Morgan fingerprint density at radius 3 is 2.62 bits per heavy atom. The summed E-state index contributed by atoms with van der Waals surface area (Å²) in [6, 6.07) is 9.56. The molecule has 0 fully saturated rings. The zero-order valence-corrected chi connectivity index (χ0v) is 12.8. The van der Waals surface area contributed by atoms with Crippen LogP contribution in [-0.4, -0.2) is 22.1 Å². The predicted octanol–water partition coefficient (Wildman–Crippen LogP) is 3.13. The molecule has 0 unspecified atom stereocenters. The Kier molecular flexibility index (Phi) is 5.69. The van der Waals surface area contributed by atoms with E-state index in [1.54, 1.807) is 19.5 Å². The van der Waals surface area contributed by atoms with E-state index in [1.165, 1.54) is 0 Å². The lowest BCUT2D eigenvalue weighted by molar-refractivity contribution is 0.414. The van der Waals surface area contributed by atoms with Gasteiger partial charge in [-0.3, -0.25) is 4.98 Å². The lowest BCUT2D eigenvalue weighted by Crippen LogP contribution is -1.94. The summed E-state index contributed by atoms with van der Waals surface area (Å²) in [4.78, 5) is 12.5. The van der Waals surface area contributed by atoms with Crippen LogP contribution in [-0.2, 0) is 0 Å². The minimum atomic E-state index is 0. The maximum atomic E-state index is 5.60. The highest BCUT2D eigenvalue weighted by atomic mass is 35.5. The summed E-state index contributed by atoms with van der Waals surface area (Å²) in [6.07, 6.45) is 3.42. The van der Waals surface area contributed by atoms with E-state index in [2.05, 4.69) is 15.0 Å². The number of aromatic nitrogens is 3. The van der Waals surface area contributed by atoms with E-state index in [0.717, 1.165) is 27.9 Å². The van der Waals surface area contributed by atoms with Gasteiger partial charge in [0.05, 0.1) is 18.3 Å². The van der Waals surface area contributed by atoms with Crippen molar-refractivity contribution in [3.63, 3.8) is 0 Å². The van der Waals surface area contributed by atoms with E-state index in [4.69, 9.17) is 10.5 Å². The van der Waals surface area contributed by atoms with Crippen LogP contribution >= 0.6 is 24.8 Å². The second-order valence-electron chi connectivity index (χ2n) is 4.08. The Labute approximate surface area is 134 Å². The number of nitrogens with zero attached hydrogens (tertiary/aromatic N) is 3. The normalized spacial score (nSPS) is 9.57. The molecular formula is C14H14Cl2N4O. The molecule has 0 amide bonds. The largest absolute Gasteiger partial charge is 0.497 e. The highest BCUT2D eigenvalue weighted by Crippen LogP contribution is 2.24. The van der Waals surface area contributed by atoms with Crippen LogP contribution in [0.5, 0.6) is 5.75 Å². The van der Waals surface area contributed by atoms with Gasteiger partial charge in [0.25, 0.3) is 0 Å². The Bertz CT molecular complexity index is 752. The fourth-order valence-corrected chi connectivity index (χ4v) is 1.89. The molecule has 21 heavy (non-hydrogen) atoms. The van der Waals surface area contributed by atoms with Gasteiger partial charge in [0.1, 0.15) is 5.75 Å². The Morgan fingerprint density at radius 2 is 1.86 bits per heavy atom. The number of halogens is 2. The van der Waals surface area contributed by atoms with Crippen LogP contribution in [0.1, 0.15) is 0 Å². The van der Waals surface area contributed by atoms with E-state index >= 15 is 0 Å². The van der Waals surface area contributed by atoms with Gasteiger partial charge in [-0.1, -0.05) is 12.1 Å². The fraction of sp³-hybridized carbons (Fsp3) is 0.0714. The third-order valence-corrected chi connectivity index (χ3v) is 2.86. The molecule has 2 aromatic heterocycles. The Hall–Kier alpha value is -2.11. The number of anilines is 1. The number of rotatable bonds is 2. The molecule has 0 radical (unpaired) electrons. The van der Waals surface area contributed by atoms with Crippen molar-refractivity contribution in [3.05, 3.63) is 42.7 Å². The van der Waals surface area contributed by atoms with Gasteiger partial charge in [-0.25, -0.2) is 9.97 Å². The van der Waals surface area contributed by atoms with E-state index in [0.29, 0.717) is 0 Å². The smallest absolute Gasteiger partial charge is 0.220 e. The highest BCUT2D eigenvalue weighted by Gasteiger charge is 2.04. The number of hydrogen-bond acceptors (Lipinski definition) is 5. The minimum Gasteiger partial charge on any atom is -0.497 e. The second kappa shape index (κ2) is 7.06. The van der Waals surface area contributed by atoms with E-state index in [1.807, 2.05) is 30.3 Å². The number of benzene rings is 1. The highest BCUT2D eigenvalue weighted by molar-refractivity contribution is 5.85. The van der Waals surface area contributed by atoms with E-state index in [9.17, 15) is 0 Å². The standard InChI is InChI=1S/C14H12N4O.2ClH/c1-19-11-4-5-16-12(7-11)9-2-3-10-8-17-14(15)18-13(10)6-9;;/h2-8H,1H3,(H2,15,17,18);2*1H. The molecule has 2 heterocycles. The molecule has 5 nitrogen and oxygen atoms in total. The maximum absolute atomic E-state index is 5.60. The van der Waals surface area contributed by atoms with Crippen LogP contribution in [0, 0.1) is 0 Å². The van der Waals surface area contributed by atoms with Crippen LogP contribution in [0.15, 0.2) is 42.7 Å². The molecule has 1 aromatic carbocycles. The van der Waals surface area contributed by atoms with Gasteiger partial charge in [-0.15, -0.1) is 24.8 Å². The van der Waals surface area contributed by atoms with Crippen molar-refractivity contribution < 1.29 is 4.74 Å².